The van der Waals surface area contributed by atoms with E-state index in [4.69, 9.17) is 23.2 Å². The fraction of sp³-hybridized carbons (Fsp3) is 0.571. The van der Waals surface area contributed by atoms with Gasteiger partial charge in [0.05, 0.1) is 0 Å². The molecule has 20 heavy (non-hydrogen) atoms. The van der Waals surface area contributed by atoms with Crippen LogP contribution in [0.3, 0.4) is 0 Å². The first-order valence-electron chi connectivity index (χ1n) is 6.84. The average molecular weight is 316 g/mol. The fourth-order valence-corrected chi connectivity index (χ4v) is 3.19. The zero-order valence-corrected chi connectivity index (χ0v) is 13.3. The van der Waals surface area contributed by atoms with E-state index in [-0.39, 0.29) is 16.2 Å². The van der Waals surface area contributed by atoms with Crippen LogP contribution in [0.25, 0.3) is 0 Å². The quantitative estimate of drug-likeness (QED) is 0.801. The van der Waals surface area contributed by atoms with E-state index in [0.29, 0.717) is 11.6 Å². The zero-order valence-electron chi connectivity index (χ0n) is 11.8. The maximum absolute atomic E-state index is 12.4. The highest BCUT2D eigenvalue weighted by Crippen LogP contribution is 2.19. The van der Waals surface area contributed by atoms with E-state index in [9.17, 15) is 4.79 Å². The van der Waals surface area contributed by atoms with Gasteiger partial charge in [-0.2, -0.15) is 0 Å². The van der Waals surface area contributed by atoms with Gasteiger partial charge in [0.25, 0.3) is 5.91 Å². The molecule has 4 nitrogen and oxygen atoms in total. The topological polar surface area (TPSA) is 36.4 Å². The molecule has 0 N–H and O–H groups in total. The van der Waals surface area contributed by atoms with Crippen molar-refractivity contribution in [2.24, 2.45) is 0 Å². The number of carbonyl (C=O) groups is 1. The number of aromatic nitrogens is 1. The maximum Gasteiger partial charge on any atom is 0.253 e. The van der Waals surface area contributed by atoms with E-state index in [1.54, 1.807) is 17.0 Å². The van der Waals surface area contributed by atoms with Crippen molar-refractivity contribution >= 4 is 29.1 Å². The molecule has 0 saturated carbocycles. The molecule has 110 valence electrons. The minimum atomic E-state index is -0.0702. The summed E-state index contributed by atoms with van der Waals surface area (Å²) >= 11 is 11.7. The minimum absolute atomic E-state index is 0.0702. The molecular weight excluding hydrogens is 297 g/mol. The summed E-state index contributed by atoms with van der Waals surface area (Å²) in [4.78, 5) is 20.4. The third kappa shape index (κ3) is 3.62. The van der Waals surface area contributed by atoms with Crippen LogP contribution in [-0.4, -0.2) is 53.4 Å². The number of hydrogen-bond acceptors (Lipinski definition) is 3. The number of pyridine rings is 1. The van der Waals surface area contributed by atoms with Crippen molar-refractivity contribution in [1.82, 2.24) is 14.8 Å². The molecule has 1 aromatic rings. The van der Waals surface area contributed by atoms with E-state index in [1.165, 1.54) is 6.42 Å². The van der Waals surface area contributed by atoms with Gasteiger partial charge >= 0.3 is 0 Å². The first-order valence-corrected chi connectivity index (χ1v) is 7.59. The van der Waals surface area contributed by atoms with Gasteiger partial charge in [-0.1, -0.05) is 30.1 Å². The zero-order chi connectivity index (χ0) is 14.7. The Kier molecular flexibility index (Phi) is 5.24. The van der Waals surface area contributed by atoms with Crippen LogP contribution in [0.4, 0.5) is 0 Å². The third-order valence-corrected chi connectivity index (χ3v) is 4.13. The molecule has 1 amide bonds. The molecule has 2 heterocycles. The van der Waals surface area contributed by atoms with E-state index in [0.717, 1.165) is 26.1 Å². The standard InChI is InChI=1S/C14H19Cl2N3O/c1-3-19-6-4-5-11(19)9-18(2)14(20)10-7-12(15)17-13(16)8-10/h7-8,11H,3-6,9H2,1-2H3. The number of halogens is 2. The summed E-state index contributed by atoms with van der Waals surface area (Å²) in [5.74, 6) is -0.0702. The van der Waals surface area contributed by atoms with Gasteiger partial charge in [-0.3, -0.25) is 9.69 Å². The lowest BCUT2D eigenvalue weighted by molar-refractivity contribution is 0.0754. The number of likely N-dealkylation sites (tertiary alicyclic amines) is 1. The minimum Gasteiger partial charge on any atom is -0.340 e. The van der Waals surface area contributed by atoms with Gasteiger partial charge in [0, 0.05) is 25.2 Å². The van der Waals surface area contributed by atoms with Crippen molar-refractivity contribution in [3.05, 3.63) is 28.0 Å². The monoisotopic (exact) mass is 315 g/mol. The average Bonchev–Trinajstić information content (AvgIpc) is 2.83. The van der Waals surface area contributed by atoms with Crippen molar-refractivity contribution in [3.8, 4) is 0 Å². The number of hydrogen-bond donors (Lipinski definition) is 0. The van der Waals surface area contributed by atoms with Gasteiger partial charge in [-0.05, 0) is 38.1 Å². The molecular formula is C14H19Cl2N3O. The van der Waals surface area contributed by atoms with E-state index >= 15 is 0 Å². The van der Waals surface area contributed by atoms with Crippen LogP contribution in [0.5, 0.6) is 0 Å². The molecule has 1 fully saturated rings. The predicted molar refractivity (Wildman–Crippen MR) is 81.5 cm³/mol. The van der Waals surface area contributed by atoms with Crippen molar-refractivity contribution in [1.29, 1.82) is 0 Å². The molecule has 1 atom stereocenters. The molecule has 1 unspecified atom stereocenters. The van der Waals surface area contributed by atoms with Gasteiger partial charge in [-0.25, -0.2) is 4.98 Å². The highest BCUT2D eigenvalue weighted by molar-refractivity contribution is 6.33. The Morgan fingerprint density at radius 1 is 1.45 bits per heavy atom. The van der Waals surface area contributed by atoms with Crippen molar-refractivity contribution < 1.29 is 4.79 Å². The Bertz CT molecular complexity index is 475. The lowest BCUT2D eigenvalue weighted by Gasteiger charge is -2.27. The Morgan fingerprint density at radius 2 is 2.10 bits per heavy atom. The first-order chi connectivity index (χ1) is 9.51. The summed E-state index contributed by atoms with van der Waals surface area (Å²) in [6, 6.07) is 3.55. The van der Waals surface area contributed by atoms with Gasteiger partial charge in [0.1, 0.15) is 10.3 Å². The fourth-order valence-electron chi connectivity index (χ4n) is 2.73. The van der Waals surface area contributed by atoms with E-state index in [2.05, 4.69) is 16.8 Å². The van der Waals surface area contributed by atoms with Crippen molar-refractivity contribution in [3.63, 3.8) is 0 Å². The Morgan fingerprint density at radius 3 is 2.70 bits per heavy atom. The molecule has 0 aromatic carbocycles. The van der Waals surface area contributed by atoms with Crippen molar-refractivity contribution in [2.45, 2.75) is 25.8 Å². The molecule has 1 aliphatic heterocycles. The summed E-state index contributed by atoms with van der Waals surface area (Å²) in [7, 11) is 1.82. The molecule has 0 aliphatic carbocycles. The Labute approximate surface area is 129 Å². The van der Waals surface area contributed by atoms with Crippen LogP contribution in [0.2, 0.25) is 10.3 Å². The van der Waals surface area contributed by atoms with Crippen LogP contribution >= 0.6 is 23.2 Å². The number of nitrogens with zero attached hydrogens (tertiary/aromatic N) is 3. The van der Waals surface area contributed by atoms with Crippen LogP contribution in [0.1, 0.15) is 30.1 Å². The lowest BCUT2D eigenvalue weighted by atomic mass is 10.2. The van der Waals surface area contributed by atoms with Gasteiger partial charge in [-0.15, -0.1) is 0 Å². The molecule has 6 heteroatoms. The second-order valence-electron chi connectivity index (χ2n) is 5.11. The molecule has 0 spiro atoms. The summed E-state index contributed by atoms with van der Waals surface area (Å²) in [6.07, 6.45) is 2.34. The van der Waals surface area contributed by atoms with Crippen molar-refractivity contribution in [2.75, 3.05) is 26.7 Å². The normalized spacial score (nSPS) is 19.3. The molecule has 1 aliphatic rings. The van der Waals surface area contributed by atoms with Crippen LogP contribution in [-0.2, 0) is 0 Å². The molecule has 1 saturated heterocycles. The van der Waals surface area contributed by atoms with Crippen LogP contribution in [0.15, 0.2) is 12.1 Å². The largest absolute Gasteiger partial charge is 0.340 e. The number of likely N-dealkylation sites (N-methyl/N-ethyl adjacent to an activating group) is 2. The summed E-state index contributed by atoms with van der Waals surface area (Å²) in [6.45, 7) is 5.03. The predicted octanol–water partition coefficient (Wildman–Crippen LogP) is 2.94. The number of amides is 1. The number of rotatable bonds is 4. The number of carbonyl (C=O) groups excluding carboxylic acids is 1. The SMILES string of the molecule is CCN1CCCC1CN(C)C(=O)c1cc(Cl)nc(Cl)c1. The lowest BCUT2D eigenvalue weighted by Crippen LogP contribution is -2.41. The second kappa shape index (κ2) is 6.74. The Balaban J connectivity index is 2.04. The summed E-state index contributed by atoms with van der Waals surface area (Å²) in [5.41, 5.74) is 0.485. The maximum atomic E-state index is 12.4. The smallest absolute Gasteiger partial charge is 0.253 e. The molecule has 1 aromatic heterocycles. The summed E-state index contributed by atoms with van der Waals surface area (Å²) < 4.78 is 0. The molecule has 2 rings (SSSR count). The van der Waals surface area contributed by atoms with Gasteiger partial charge in [0.15, 0.2) is 0 Å². The van der Waals surface area contributed by atoms with E-state index < -0.39 is 0 Å². The third-order valence-electron chi connectivity index (χ3n) is 3.75. The van der Waals surface area contributed by atoms with Gasteiger partial charge in [0.2, 0.25) is 0 Å². The molecule has 0 bridgehead atoms. The highest BCUT2D eigenvalue weighted by Gasteiger charge is 2.26. The van der Waals surface area contributed by atoms with Crippen LogP contribution < -0.4 is 0 Å². The Hall–Kier alpha value is -0.840. The van der Waals surface area contributed by atoms with Crippen LogP contribution in [0, 0.1) is 0 Å². The second-order valence-corrected chi connectivity index (χ2v) is 5.89. The highest BCUT2D eigenvalue weighted by atomic mass is 35.5. The van der Waals surface area contributed by atoms with E-state index in [1.807, 2.05) is 7.05 Å². The first kappa shape index (κ1) is 15.5. The van der Waals surface area contributed by atoms with Gasteiger partial charge < -0.3 is 4.90 Å². The molecule has 0 radical (unpaired) electrons. The summed E-state index contributed by atoms with van der Waals surface area (Å²) in [5, 5.41) is 0.482.